The molecule has 0 aromatic heterocycles. The Morgan fingerprint density at radius 1 is 1.22 bits per heavy atom. The molecule has 1 heterocycles. The first-order valence-electron chi connectivity index (χ1n) is 6.75. The first kappa shape index (κ1) is 13.4. The zero-order valence-corrected chi connectivity index (χ0v) is 11.6. The molecule has 3 heteroatoms. The summed E-state index contributed by atoms with van der Waals surface area (Å²) in [5.41, 5.74) is 1.17. The standard InChI is InChI=1S/C15H24N2O/c1-15(2,17-12-8-10-16-11-9-12)13-6-4-5-7-14(13)18-3/h4-7,12,16-17H,8-11H2,1-3H3. The van der Waals surface area contributed by atoms with E-state index in [0.717, 1.165) is 18.8 Å². The van der Waals surface area contributed by atoms with Crippen molar-refractivity contribution in [3.8, 4) is 5.75 Å². The molecule has 100 valence electrons. The molecule has 1 aromatic rings. The fraction of sp³-hybridized carbons (Fsp3) is 0.600. The number of methoxy groups -OCH3 is 1. The van der Waals surface area contributed by atoms with Gasteiger partial charge in [0.2, 0.25) is 0 Å². The summed E-state index contributed by atoms with van der Waals surface area (Å²) in [5, 5.41) is 7.16. The van der Waals surface area contributed by atoms with Crippen LogP contribution >= 0.6 is 0 Å². The van der Waals surface area contributed by atoms with E-state index in [9.17, 15) is 0 Å². The molecule has 1 saturated heterocycles. The highest BCUT2D eigenvalue weighted by atomic mass is 16.5. The van der Waals surface area contributed by atoms with Crippen LogP contribution in [0, 0.1) is 0 Å². The molecule has 0 radical (unpaired) electrons. The van der Waals surface area contributed by atoms with Gasteiger partial charge in [-0.25, -0.2) is 0 Å². The molecule has 0 aliphatic carbocycles. The van der Waals surface area contributed by atoms with Crippen LogP contribution in [0.3, 0.4) is 0 Å². The largest absolute Gasteiger partial charge is 0.496 e. The molecular formula is C15H24N2O. The van der Waals surface area contributed by atoms with Gasteiger partial charge in [-0.1, -0.05) is 18.2 Å². The molecule has 18 heavy (non-hydrogen) atoms. The van der Waals surface area contributed by atoms with E-state index in [2.05, 4.69) is 36.6 Å². The maximum absolute atomic E-state index is 5.47. The van der Waals surface area contributed by atoms with Crippen molar-refractivity contribution in [1.82, 2.24) is 10.6 Å². The van der Waals surface area contributed by atoms with E-state index in [1.54, 1.807) is 7.11 Å². The van der Waals surface area contributed by atoms with Gasteiger partial charge in [-0.05, 0) is 45.8 Å². The molecule has 0 unspecified atom stereocenters. The second-order valence-electron chi connectivity index (χ2n) is 5.49. The highest BCUT2D eigenvalue weighted by Crippen LogP contribution is 2.30. The van der Waals surface area contributed by atoms with Gasteiger partial charge in [-0.3, -0.25) is 0 Å². The summed E-state index contributed by atoms with van der Waals surface area (Å²) >= 11 is 0. The van der Waals surface area contributed by atoms with Crippen LogP contribution in [0.25, 0.3) is 0 Å². The van der Waals surface area contributed by atoms with Crippen LogP contribution in [-0.2, 0) is 5.54 Å². The van der Waals surface area contributed by atoms with Crippen LogP contribution in [0.1, 0.15) is 32.3 Å². The van der Waals surface area contributed by atoms with Gasteiger partial charge in [0.05, 0.1) is 7.11 Å². The van der Waals surface area contributed by atoms with Gasteiger partial charge in [0.25, 0.3) is 0 Å². The van der Waals surface area contributed by atoms with Crippen molar-refractivity contribution in [2.24, 2.45) is 0 Å². The first-order chi connectivity index (χ1) is 8.63. The average molecular weight is 248 g/mol. The lowest BCUT2D eigenvalue weighted by molar-refractivity contribution is 0.282. The van der Waals surface area contributed by atoms with Gasteiger partial charge in [0.1, 0.15) is 5.75 Å². The summed E-state index contributed by atoms with van der Waals surface area (Å²) in [6, 6.07) is 8.85. The SMILES string of the molecule is COc1ccccc1C(C)(C)NC1CCNCC1. The lowest BCUT2D eigenvalue weighted by Gasteiger charge is -2.35. The fourth-order valence-electron chi connectivity index (χ4n) is 2.72. The van der Waals surface area contributed by atoms with Crippen molar-refractivity contribution in [2.45, 2.75) is 38.3 Å². The van der Waals surface area contributed by atoms with Crippen LogP contribution in [0.4, 0.5) is 0 Å². The van der Waals surface area contributed by atoms with Gasteiger partial charge in [0.15, 0.2) is 0 Å². The Balaban J connectivity index is 2.13. The first-order valence-corrected chi connectivity index (χ1v) is 6.75. The Morgan fingerprint density at radius 3 is 2.56 bits per heavy atom. The molecule has 0 bridgehead atoms. The number of piperidine rings is 1. The van der Waals surface area contributed by atoms with Gasteiger partial charge < -0.3 is 15.4 Å². The molecular weight excluding hydrogens is 224 g/mol. The van der Waals surface area contributed by atoms with Crippen molar-refractivity contribution < 1.29 is 4.74 Å². The van der Waals surface area contributed by atoms with Crippen molar-refractivity contribution in [1.29, 1.82) is 0 Å². The maximum atomic E-state index is 5.47. The predicted molar refractivity (Wildman–Crippen MR) is 75.0 cm³/mol. The lowest BCUT2D eigenvalue weighted by atomic mass is 9.91. The number of rotatable bonds is 4. The molecule has 1 aromatic carbocycles. The van der Waals surface area contributed by atoms with Crippen molar-refractivity contribution in [3.05, 3.63) is 29.8 Å². The smallest absolute Gasteiger partial charge is 0.123 e. The monoisotopic (exact) mass is 248 g/mol. The van der Waals surface area contributed by atoms with E-state index in [4.69, 9.17) is 4.74 Å². The summed E-state index contributed by atoms with van der Waals surface area (Å²) in [7, 11) is 1.74. The van der Waals surface area contributed by atoms with E-state index in [1.807, 2.05) is 12.1 Å². The van der Waals surface area contributed by atoms with E-state index in [0.29, 0.717) is 6.04 Å². The normalized spacial score (nSPS) is 17.7. The van der Waals surface area contributed by atoms with Crippen LogP contribution in [-0.4, -0.2) is 26.2 Å². The molecule has 3 nitrogen and oxygen atoms in total. The summed E-state index contributed by atoms with van der Waals surface area (Å²) in [4.78, 5) is 0. The van der Waals surface area contributed by atoms with Gasteiger partial charge in [-0.15, -0.1) is 0 Å². The minimum absolute atomic E-state index is 0.0609. The van der Waals surface area contributed by atoms with Gasteiger partial charge in [0, 0.05) is 17.1 Å². The van der Waals surface area contributed by atoms with Crippen LogP contribution in [0.15, 0.2) is 24.3 Å². The van der Waals surface area contributed by atoms with E-state index < -0.39 is 0 Å². The zero-order valence-electron chi connectivity index (χ0n) is 11.6. The highest BCUT2D eigenvalue weighted by molar-refractivity contribution is 5.38. The zero-order chi connectivity index (χ0) is 13.0. The van der Waals surface area contributed by atoms with Crippen molar-refractivity contribution >= 4 is 0 Å². The Morgan fingerprint density at radius 2 is 1.89 bits per heavy atom. The average Bonchev–Trinajstić information content (AvgIpc) is 2.39. The fourth-order valence-corrected chi connectivity index (χ4v) is 2.72. The summed E-state index contributed by atoms with van der Waals surface area (Å²) in [6.45, 7) is 6.68. The number of hydrogen-bond acceptors (Lipinski definition) is 3. The van der Waals surface area contributed by atoms with E-state index in [1.165, 1.54) is 18.4 Å². The van der Waals surface area contributed by atoms with E-state index in [-0.39, 0.29) is 5.54 Å². The molecule has 0 spiro atoms. The highest BCUT2D eigenvalue weighted by Gasteiger charge is 2.27. The number of benzene rings is 1. The molecule has 0 atom stereocenters. The molecule has 2 rings (SSSR count). The summed E-state index contributed by atoms with van der Waals surface area (Å²) < 4.78 is 5.47. The third-order valence-electron chi connectivity index (χ3n) is 3.68. The Bertz CT molecular complexity index is 384. The predicted octanol–water partition coefficient (Wildman–Crippen LogP) is 2.27. The topological polar surface area (TPSA) is 33.3 Å². The van der Waals surface area contributed by atoms with Crippen LogP contribution in [0.5, 0.6) is 5.75 Å². The summed E-state index contributed by atoms with van der Waals surface area (Å²) in [5.74, 6) is 0.962. The van der Waals surface area contributed by atoms with Gasteiger partial charge >= 0.3 is 0 Å². The minimum Gasteiger partial charge on any atom is -0.496 e. The Labute approximate surface area is 110 Å². The quantitative estimate of drug-likeness (QED) is 0.857. The number of ether oxygens (including phenoxy) is 1. The Kier molecular flexibility index (Phi) is 4.25. The molecule has 1 aliphatic heterocycles. The summed E-state index contributed by atoms with van der Waals surface area (Å²) in [6.07, 6.45) is 2.39. The van der Waals surface area contributed by atoms with E-state index >= 15 is 0 Å². The molecule has 1 aliphatic rings. The lowest BCUT2D eigenvalue weighted by Crippen LogP contribution is -2.48. The third-order valence-corrected chi connectivity index (χ3v) is 3.68. The second-order valence-corrected chi connectivity index (χ2v) is 5.49. The van der Waals surface area contributed by atoms with Crippen LogP contribution in [0.2, 0.25) is 0 Å². The number of nitrogens with one attached hydrogen (secondary N) is 2. The minimum atomic E-state index is -0.0609. The van der Waals surface area contributed by atoms with Gasteiger partial charge in [-0.2, -0.15) is 0 Å². The van der Waals surface area contributed by atoms with Crippen LogP contribution < -0.4 is 15.4 Å². The van der Waals surface area contributed by atoms with Crippen molar-refractivity contribution in [2.75, 3.05) is 20.2 Å². The molecule has 1 fully saturated rings. The third kappa shape index (κ3) is 3.03. The molecule has 0 amide bonds. The van der Waals surface area contributed by atoms with Crippen molar-refractivity contribution in [3.63, 3.8) is 0 Å². The number of para-hydroxylation sites is 1. The number of hydrogen-bond donors (Lipinski definition) is 2. The molecule has 0 saturated carbocycles. The Hall–Kier alpha value is -1.06. The maximum Gasteiger partial charge on any atom is 0.123 e. The molecule has 2 N–H and O–H groups in total. The second kappa shape index (κ2) is 5.72.